The smallest absolute Gasteiger partial charge is 0.253 e. The highest BCUT2D eigenvalue weighted by Crippen LogP contribution is 2.19. The number of rotatable bonds is 7. The number of nitrogens with one attached hydrogen (secondary N) is 2. The molecule has 0 aliphatic heterocycles. The Morgan fingerprint density at radius 1 is 1.12 bits per heavy atom. The van der Waals surface area contributed by atoms with E-state index in [0.29, 0.717) is 17.0 Å². The second-order valence-electron chi connectivity index (χ2n) is 5.89. The van der Waals surface area contributed by atoms with Crippen molar-refractivity contribution in [2.24, 2.45) is 0 Å². The Morgan fingerprint density at radius 2 is 1.81 bits per heavy atom. The third kappa shape index (κ3) is 5.21. The lowest BCUT2D eigenvalue weighted by atomic mass is 10.1. The average Bonchev–Trinajstić information content (AvgIpc) is 2.66. The van der Waals surface area contributed by atoms with Crippen LogP contribution in [0.5, 0.6) is 5.75 Å². The summed E-state index contributed by atoms with van der Waals surface area (Å²) in [7, 11) is 1.58. The van der Waals surface area contributed by atoms with Crippen LogP contribution in [0, 0.1) is 0 Å². The lowest BCUT2D eigenvalue weighted by Crippen LogP contribution is -2.32. The van der Waals surface area contributed by atoms with Crippen LogP contribution in [-0.4, -0.2) is 25.0 Å². The van der Waals surface area contributed by atoms with Crippen molar-refractivity contribution < 1.29 is 14.3 Å². The molecule has 2 amide bonds. The minimum atomic E-state index is -0.320. The first-order chi connectivity index (χ1) is 12.5. The van der Waals surface area contributed by atoms with Gasteiger partial charge in [-0.1, -0.05) is 37.3 Å². The number of para-hydroxylation sites is 2. The van der Waals surface area contributed by atoms with E-state index in [4.69, 9.17) is 4.74 Å². The first kappa shape index (κ1) is 19.2. The van der Waals surface area contributed by atoms with Crippen LogP contribution in [0.1, 0.15) is 36.2 Å². The molecule has 2 rings (SSSR count). The molecule has 0 radical (unpaired) electrons. The summed E-state index contributed by atoms with van der Waals surface area (Å²) in [6.07, 6.45) is 3.93. The van der Waals surface area contributed by atoms with Crippen LogP contribution in [0.2, 0.25) is 0 Å². The van der Waals surface area contributed by atoms with Gasteiger partial charge in [-0.05, 0) is 37.6 Å². The topological polar surface area (TPSA) is 67.4 Å². The Kier molecular flexibility index (Phi) is 6.97. The maximum Gasteiger partial charge on any atom is 0.253 e. The summed E-state index contributed by atoms with van der Waals surface area (Å²) in [5.41, 5.74) is 1.71. The maximum atomic E-state index is 12.4. The molecular weight excluding hydrogens is 328 g/mol. The van der Waals surface area contributed by atoms with Crippen LogP contribution < -0.4 is 15.4 Å². The molecule has 1 atom stereocenters. The molecule has 5 nitrogen and oxygen atoms in total. The largest absolute Gasteiger partial charge is 0.496 e. The van der Waals surface area contributed by atoms with E-state index in [9.17, 15) is 9.59 Å². The molecule has 0 bridgehead atoms. The van der Waals surface area contributed by atoms with Gasteiger partial charge in [-0.2, -0.15) is 0 Å². The molecule has 0 saturated carbocycles. The summed E-state index contributed by atoms with van der Waals surface area (Å²) in [6, 6.07) is 14.4. The molecule has 0 heterocycles. The molecule has 2 aromatic rings. The highest BCUT2D eigenvalue weighted by atomic mass is 16.5. The summed E-state index contributed by atoms with van der Waals surface area (Å²) in [4.78, 5) is 24.7. The van der Waals surface area contributed by atoms with Gasteiger partial charge in [0.1, 0.15) is 5.75 Å². The predicted octanol–water partition coefficient (Wildman–Crippen LogP) is 3.88. The predicted molar refractivity (Wildman–Crippen MR) is 104 cm³/mol. The molecule has 0 saturated heterocycles. The molecule has 5 heteroatoms. The zero-order valence-electron chi connectivity index (χ0n) is 15.3. The SMILES string of the molecule is CC[C@@H](C)NC(=O)c1ccccc1NC(=O)/C=C/c1ccccc1OC. The van der Waals surface area contributed by atoms with E-state index in [1.807, 2.05) is 38.1 Å². The molecule has 2 aromatic carbocycles. The fourth-order valence-electron chi connectivity index (χ4n) is 2.34. The number of amides is 2. The van der Waals surface area contributed by atoms with E-state index in [2.05, 4.69) is 10.6 Å². The number of hydrogen-bond donors (Lipinski definition) is 2. The summed E-state index contributed by atoms with van der Waals surface area (Å²) < 4.78 is 5.26. The van der Waals surface area contributed by atoms with Crippen molar-refractivity contribution in [3.05, 3.63) is 65.7 Å². The number of hydrogen-bond acceptors (Lipinski definition) is 3. The van der Waals surface area contributed by atoms with Crippen LogP contribution in [-0.2, 0) is 4.79 Å². The Labute approximate surface area is 154 Å². The molecule has 0 aliphatic rings. The lowest BCUT2D eigenvalue weighted by molar-refractivity contribution is -0.111. The fourth-order valence-corrected chi connectivity index (χ4v) is 2.34. The van der Waals surface area contributed by atoms with Gasteiger partial charge in [-0.3, -0.25) is 9.59 Å². The van der Waals surface area contributed by atoms with Crippen molar-refractivity contribution in [2.45, 2.75) is 26.3 Å². The minimum Gasteiger partial charge on any atom is -0.496 e. The first-order valence-corrected chi connectivity index (χ1v) is 8.57. The number of methoxy groups -OCH3 is 1. The second-order valence-corrected chi connectivity index (χ2v) is 5.89. The number of carbonyl (C=O) groups is 2. The highest BCUT2D eigenvalue weighted by Gasteiger charge is 2.13. The Balaban J connectivity index is 2.12. The quantitative estimate of drug-likeness (QED) is 0.743. The van der Waals surface area contributed by atoms with Gasteiger partial charge in [0.05, 0.1) is 18.4 Å². The van der Waals surface area contributed by atoms with Gasteiger partial charge < -0.3 is 15.4 Å². The van der Waals surface area contributed by atoms with E-state index in [-0.39, 0.29) is 17.9 Å². The molecule has 0 aliphatic carbocycles. The lowest BCUT2D eigenvalue weighted by Gasteiger charge is -2.14. The second kappa shape index (κ2) is 9.42. The number of anilines is 1. The normalized spacial score (nSPS) is 11.8. The van der Waals surface area contributed by atoms with Crippen LogP contribution in [0.4, 0.5) is 5.69 Å². The van der Waals surface area contributed by atoms with Crippen LogP contribution in [0.3, 0.4) is 0 Å². The van der Waals surface area contributed by atoms with Crippen molar-refractivity contribution in [1.29, 1.82) is 0 Å². The molecule has 0 unspecified atom stereocenters. The number of carbonyl (C=O) groups excluding carboxylic acids is 2. The zero-order valence-corrected chi connectivity index (χ0v) is 15.3. The van der Waals surface area contributed by atoms with E-state index < -0.39 is 0 Å². The first-order valence-electron chi connectivity index (χ1n) is 8.57. The average molecular weight is 352 g/mol. The van der Waals surface area contributed by atoms with Crippen molar-refractivity contribution >= 4 is 23.6 Å². The monoisotopic (exact) mass is 352 g/mol. The summed E-state index contributed by atoms with van der Waals surface area (Å²) in [5.74, 6) is 0.161. The van der Waals surface area contributed by atoms with Crippen LogP contribution in [0.25, 0.3) is 6.08 Å². The summed E-state index contributed by atoms with van der Waals surface area (Å²) in [6.45, 7) is 3.94. The molecular formula is C21H24N2O3. The fraction of sp³-hybridized carbons (Fsp3) is 0.238. The Morgan fingerprint density at radius 3 is 2.54 bits per heavy atom. The Bertz CT molecular complexity index is 799. The third-order valence-corrected chi connectivity index (χ3v) is 3.97. The number of benzene rings is 2. The Hall–Kier alpha value is -3.08. The molecule has 0 spiro atoms. The van der Waals surface area contributed by atoms with Crippen molar-refractivity contribution in [3.63, 3.8) is 0 Å². The minimum absolute atomic E-state index is 0.0664. The zero-order chi connectivity index (χ0) is 18.9. The maximum absolute atomic E-state index is 12.4. The van der Waals surface area contributed by atoms with Gasteiger partial charge in [0.25, 0.3) is 5.91 Å². The van der Waals surface area contributed by atoms with E-state index in [1.165, 1.54) is 6.08 Å². The van der Waals surface area contributed by atoms with Gasteiger partial charge in [0, 0.05) is 17.7 Å². The standard InChI is InChI=1S/C21H24N2O3/c1-4-15(2)22-21(25)17-10-6-7-11-18(17)23-20(24)14-13-16-9-5-8-12-19(16)26-3/h5-15H,4H2,1-3H3,(H,22,25)(H,23,24)/b14-13+/t15-/m1/s1. The molecule has 0 aromatic heterocycles. The number of ether oxygens (including phenoxy) is 1. The van der Waals surface area contributed by atoms with Crippen molar-refractivity contribution in [3.8, 4) is 5.75 Å². The molecule has 2 N–H and O–H groups in total. The van der Waals surface area contributed by atoms with Gasteiger partial charge in [0.2, 0.25) is 5.91 Å². The van der Waals surface area contributed by atoms with Crippen molar-refractivity contribution in [1.82, 2.24) is 5.32 Å². The van der Waals surface area contributed by atoms with Crippen LogP contribution >= 0.6 is 0 Å². The van der Waals surface area contributed by atoms with E-state index >= 15 is 0 Å². The molecule has 0 fully saturated rings. The van der Waals surface area contributed by atoms with Gasteiger partial charge in [-0.25, -0.2) is 0 Å². The van der Waals surface area contributed by atoms with E-state index in [1.54, 1.807) is 37.5 Å². The summed E-state index contributed by atoms with van der Waals surface area (Å²) in [5, 5.41) is 5.67. The van der Waals surface area contributed by atoms with Crippen LogP contribution in [0.15, 0.2) is 54.6 Å². The molecule has 26 heavy (non-hydrogen) atoms. The van der Waals surface area contributed by atoms with Gasteiger partial charge in [0.15, 0.2) is 0 Å². The van der Waals surface area contributed by atoms with Gasteiger partial charge in [-0.15, -0.1) is 0 Å². The highest BCUT2D eigenvalue weighted by molar-refractivity contribution is 6.07. The van der Waals surface area contributed by atoms with E-state index in [0.717, 1.165) is 12.0 Å². The van der Waals surface area contributed by atoms with Crippen molar-refractivity contribution in [2.75, 3.05) is 12.4 Å². The third-order valence-electron chi connectivity index (χ3n) is 3.97. The molecule has 136 valence electrons. The van der Waals surface area contributed by atoms with Gasteiger partial charge >= 0.3 is 0 Å². The summed E-state index contributed by atoms with van der Waals surface area (Å²) >= 11 is 0.